The van der Waals surface area contributed by atoms with E-state index in [-0.39, 0.29) is 5.95 Å². The quantitative estimate of drug-likeness (QED) is 0.884. The Morgan fingerprint density at radius 2 is 1.90 bits per heavy atom. The first-order chi connectivity index (χ1) is 10.0. The second-order valence-corrected chi connectivity index (χ2v) is 4.93. The average molecular weight is 307 g/mol. The van der Waals surface area contributed by atoms with Crippen LogP contribution in [-0.4, -0.2) is 28.0 Å². The summed E-state index contributed by atoms with van der Waals surface area (Å²) in [6.45, 7) is 7.61. The minimum Gasteiger partial charge on any atom is -0.368 e. The Labute approximate surface area is 129 Å². The number of nitrogen functional groups attached to an aromatic ring is 1. The first kappa shape index (κ1) is 15.3. The standard InChI is InChI=1S/C14H19ClN6/c1-4-21(5-2)14-19-12(16)18-13(20-14)17-11-8-6-7-10(15)9(11)3/h6-8H,4-5H2,1-3H3,(H3,16,17,18,19,20). The average Bonchev–Trinajstić information content (AvgIpc) is 2.45. The molecule has 0 radical (unpaired) electrons. The van der Waals surface area contributed by atoms with Gasteiger partial charge in [-0.2, -0.15) is 15.0 Å². The minimum absolute atomic E-state index is 0.189. The summed E-state index contributed by atoms with van der Waals surface area (Å²) in [5.74, 6) is 1.17. The molecule has 21 heavy (non-hydrogen) atoms. The van der Waals surface area contributed by atoms with Gasteiger partial charge in [0.2, 0.25) is 17.8 Å². The van der Waals surface area contributed by atoms with E-state index in [1.165, 1.54) is 0 Å². The number of hydrogen-bond donors (Lipinski definition) is 2. The largest absolute Gasteiger partial charge is 0.368 e. The van der Waals surface area contributed by atoms with Crippen LogP contribution in [0.2, 0.25) is 5.02 Å². The summed E-state index contributed by atoms with van der Waals surface area (Å²) in [7, 11) is 0. The van der Waals surface area contributed by atoms with Crippen molar-refractivity contribution in [3.63, 3.8) is 0 Å². The van der Waals surface area contributed by atoms with Crippen molar-refractivity contribution in [2.45, 2.75) is 20.8 Å². The summed E-state index contributed by atoms with van der Waals surface area (Å²) >= 11 is 6.11. The van der Waals surface area contributed by atoms with Crippen LogP contribution in [0.1, 0.15) is 19.4 Å². The molecule has 3 N–H and O–H groups in total. The van der Waals surface area contributed by atoms with E-state index >= 15 is 0 Å². The fourth-order valence-corrected chi connectivity index (χ4v) is 2.12. The zero-order chi connectivity index (χ0) is 15.4. The van der Waals surface area contributed by atoms with Crippen molar-refractivity contribution in [3.8, 4) is 0 Å². The third kappa shape index (κ3) is 3.52. The Balaban J connectivity index is 2.34. The van der Waals surface area contributed by atoms with Gasteiger partial charge in [-0.3, -0.25) is 0 Å². The molecular formula is C14H19ClN6. The highest BCUT2D eigenvalue weighted by Gasteiger charge is 2.11. The van der Waals surface area contributed by atoms with E-state index in [1.807, 2.05) is 43.9 Å². The van der Waals surface area contributed by atoms with Crippen molar-refractivity contribution in [2.75, 3.05) is 29.0 Å². The van der Waals surface area contributed by atoms with E-state index in [0.717, 1.165) is 24.3 Å². The monoisotopic (exact) mass is 306 g/mol. The van der Waals surface area contributed by atoms with Gasteiger partial charge in [0.1, 0.15) is 0 Å². The van der Waals surface area contributed by atoms with Crippen molar-refractivity contribution < 1.29 is 0 Å². The van der Waals surface area contributed by atoms with Crippen LogP contribution >= 0.6 is 11.6 Å². The van der Waals surface area contributed by atoms with Crippen LogP contribution in [0.25, 0.3) is 0 Å². The zero-order valence-electron chi connectivity index (χ0n) is 12.4. The smallest absolute Gasteiger partial charge is 0.233 e. The molecule has 0 fully saturated rings. The predicted octanol–water partition coefficient (Wildman–Crippen LogP) is 3.01. The first-order valence-corrected chi connectivity index (χ1v) is 7.21. The molecule has 2 aromatic rings. The summed E-state index contributed by atoms with van der Waals surface area (Å²) in [5, 5.41) is 3.83. The predicted molar refractivity (Wildman–Crippen MR) is 87.3 cm³/mol. The lowest BCUT2D eigenvalue weighted by Gasteiger charge is -2.19. The van der Waals surface area contributed by atoms with Crippen LogP contribution in [-0.2, 0) is 0 Å². The second kappa shape index (κ2) is 6.58. The van der Waals surface area contributed by atoms with Crippen LogP contribution in [0.3, 0.4) is 0 Å². The van der Waals surface area contributed by atoms with Crippen LogP contribution in [0.5, 0.6) is 0 Å². The third-order valence-corrected chi connectivity index (χ3v) is 3.61. The maximum Gasteiger partial charge on any atom is 0.233 e. The summed E-state index contributed by atoms with van der Waals surface area (Å²) in [6.07, 6.45) is 0. The van der Waals surface area contributed by atoms with Gasteiger partial charge in [0.05, 0.1) is 0 Å². The summed E-state index contributed by atoms with van der Waals surface area (Å²) in [4.78, 5) is 14.7. The van der Waals surface area contributed by atoms with E-state index in [2.05, 4.69) is 20.3 Å². The molecule has 2 rings (SSSR count). The lowest BCUT2D eigenvalue weighted by Crippen LogP contribution is -2.25. The van der Waals surface area contributed by atoms with E-state index in [1.54, 1.807) is 0 Å². The lowest BCUT2D eigenvalue weighted by molar-refractivity contribution is 0.816. The molecule has 0 aliphatic rings. The highest BCUT2D eigenvalue weighted by atomic mass is 35.5. The maximum absolute atomic E-state index is 6.11. The number of anilines is 4. The zero-order valence-corrected chi connectivity index (χ0v) is 13.1. The molecule has 112 valence electrons. The molecule has 1 heterocycles. The van der Waals surface area contributed by atoms with Crippen molar-refractivity contribution in [2.24, 2.45) is 0 Å². The van der Waals surface area contributed by atoms with Crippen LogP contribution in [0.4, 0.5) is 23.5 Å². The molecule has 1 aromatic carbocycles. The fraction of sp³-hybridized carbons (Fsp3) is 0.357. The number of nitrogens with two attached hydrogens (primary N) is 1. The molecule has 0 unspecified atom stereocenters. The molecular weight excluding hydrogens is 288 g/mol. The minimum atomic E-state index is 0.189. The van der Waals surface area contributed by atoms with Gasteiger partial charge < -0.3 is 16.0 Å². The summed E-state index contributed by atoms with van der Waals surface area (Å²) in [6, 6.07) is 5.62. The van der Waals surface area contributed by atoms with Crippen molar-refractivity contribution in [1.82, 2.24) is 15.0 Å². The van der Waals surface area contributed by atoms with Crippen LogP contribution in [0, 0.1) is 6.92 Å². The number of nitrogens with one attached hydrogen (secondary N) is 1. The molecule has 0 saturated heterocycles. The molecule has 0 aliphatic heterocycles. The number of nitrogens with zero attached hydrogens (tertiary/aromatic N) is 4. The van der Waals surface area contributed by atoms with Gasteiger partial charge in [0.15, 0.2) is 0 Å². The molecule has 0 aliphatic carbocycles. The maximum atomic E-state index is 6.11. The molecule has 6 nitrogen and oxygen atoms in total. The van der Waals surface area contributed by atoms with E-state index < -0.39 is 0 Å². The lowest BCUT2D eigenvalue weighted by atomic mass is 10.2. The number of hydrogen-bond acceptors (Lipinski definition) is 6. The number of halogens is 1. The highest BCUT2D eigenvalue weighted by Crippen LogP contribution is 2.25. The SMILES string of the molecule is CCN(CC)c1nc(N)nc(Nc2cccc(Cl)c2C)n1. The Kier molecular flexibility index (Phi) is 4.80. The van der Waals surface area contributed by atoms with E-state index in [0.29, 0.717) is 16.9 Å². The molecule has 0 bridgehead atoms. The number of rotatable bonds is 5. The van der Waals surface area contributed by atoms with Crippen LogP contribution < -0.4 is 16.0 Å². The Morgan fingerprint density at radius 1 is 1.19 bits per heavy atom. The van der Waals surface area contributed by atoms with Crippen molar-refractivity contribution >= 4 is 35.1 Å². The molecule has 1 aromatic heterocycles. The molecule has 0 amide bonds. The van der Waals surface area contributed by atoms with Gasteiger partial charge in [-0.25, -0.2) is 0 Å². The van der Waals surface area contributed by atoms with E-state index in [9.17, 15) is 0 Å². The Hall–Kier alpha value is -2.08. The highest BCUT2D eigenvalue weighted by molar-refractivity contribution is 6.31. The van der Waals surface area contributed by atoms with Gasteiger partial charge in [-0.15, -0.1) is 0 Å². The number of benzene rings is 1. The van der Waals surface area contributed by atoms with Crippen LogP contribution in [0.15, 0.2) is 18.2 Å². The summed E-state index contributed by atoms with van der Waals surface area (Å²) < 4.78 is 0. The normalized spacial score (nSPS) is 10.5. The molecule has 0 atom stereocenters. The van der Waals surface area contributed by atoms with Crippen molar-refractivity contribution in [3.05, 3.63) is 28.8 Å². The second-order valence-electron chi connectivity index (χ2n) is 4.53. The van der Waals surface area contributed by atoms with Gasteiger partial charge in [-0.05, 0) is 38.5 Å². The van der Waals surface area contributed by atoms with Gasteiger partial charge in [0, 0.05) is 23.8 Å². The first-order valence-electron chi connectivity index (χ1n) is 6.83. The fourth-order valence-electron chi connectivity index (χ4n) is 1.95. The van der Waals surface area contributed by atoms with Gasteiger partial charge in [0.25, 0.3) is 0 Å². The molecule has 0 saturated carbocycles. The Morgan fingerprint density at radius 3 is 2.57 bits per heavy atom. The van der Waals surface area contributed by atoms with Gasteiger partial charge in [-0.1, -0.05) is 17.7 Å². The van der Waals surface area contributed by atoms with Gasteiger partial charge >= 0.3 is 0 Å². The number of aromatic nitrogens is 3. The topological polar surface area (TPSA) is 80.0 Å². The molecule has 0 spiro atoms. The summed E-state index contributed by atoms with van der Waals surface area (Å²) in [5.41, 5.74) is 7.55. The van der Waals surface area contributed by atoms with E-state index in [4.69, 9.17) is 17.3 Å². The van der Waals surface area contributed by atoms with Crippen molar-refractivity contribution in [1.29, 1.82) is 0 Å². The molecule has 7 heteroatoms. The Bertz CT molecular complexity index is 627. The third-order valence-electron chi connectivity index (χ3n) is 3.20.